The van der Waals surface area contributed by atoms with Gasteiger partial charge in [-0.1, -0.05) is 37.3 Å². The van der Waals surface area contributed by atoms with Gasteiger partial charge in [0.2, 0.25) is 0 Å². The van der Waals surface area contributed by atoms with E-state index in [-0.39, 0.29) is 11.9 Å². The van der Waals surface area contributed by atoms with Crippen molar-refractivity contribution in [2.24, 2.45) is 0 Å². The number of ether oxygens (including phenoxy) is 1. The van der Waals surface area contributed by atoms with Crippen LogP contribution in [0, 0.1) is 0 Å². The second kappa shape index (κ2) is 7.61. The number of anilines is 1. The second-order valence-electron chi connectivity index (χ2n) is 6.95. The number of carbonyl (C=O) groups is 1. The fourth-order valence-electron chi connectivity index (χ4n) is 3.80. The van der Waals surface area contributed by atoms with E-state index in [1.54, 1.807) is 18.4 Å². The fraction of sp³-hybridized carbons (Fsp3) is 0.318. The Hall–Kier alpha value is -2.53. The molecule has 3 aromatic rings. The lowest BCUT2D eigenvalue weighted by Crippen LogP contribution is -2.42. The summed E-state index contributed by atoms with van der Waals surface area (Å²) in [7, 11) is 1.68. The van der Waals surface area contributed by atoms with Crippen LogP contribution in [0.1, 0.15) is 28.6 Å². The first-order valence-corrected chi connectivity index (χ1v) is 10.2. The van der Waals surface area contributed by atoms with Gasteiger partial charge in [0, 0.05) is 23.2 Å². The molecule has 1 N–H and O–H groups in total. The minimum atomic E-state index is 0.0321. The molecule has 2 aromatic carbocycles. The van der Waals surface area contributed by atoms with Crippen LogP contribution in [-0.2, 0) is 6.42 Å². The van der Waals surface area contributed by atoms with Gasteiger partial charge < -0.3 is 15.0 Å². The monoisotopic (exact) mass is 380 g/mol. The third kappa shape index (κ3) is 3.52. The van der Waals surface area contributed by atoms with Crippen LogP contribution in [0.5, 0.6) is 5.75 Å². The van der Waals surface area contributed by atoms with E-state index in [1.165, 1.54) is 5.56 Å². The maximum atomic E-state index is 13.0. The highest BCUT2D eigenvalue weighted by Crippen LogP contribution is 2.41. The van der Waals surface area contributed by atoms with Crippen molar-refractivity contribution in [1.82, 2.24) is 5.32 Å². The lowest BCUT2D eigenvalue weighted by Gasteiger charge is -2.27. The Balaban J connectivity index is 1.74. The number of nitrogens with one attached hydrogen (secondary N) is 1. The first kappa shape index (κ1) is 17.9. The number of fused-ring (bicyclic) bond motifs is 3. The maximum absolute atomic E-state index is 13.0. The van der Waals surface area contributed by atoms with Crippen molar-refractivity contribution in [3.63, 3.8) is 0 Å². The largest absolute Gasteiger partial charge is 0.497 e. The number of thiophene rings is 1. The van der Waals surface area contributed by atoms with Crippen LogP contribution in [0.2, 0.25) is 0 Å². The molecule has 0 saturated carbocycles. The topological polar surface area (TPSA) is 41.6 Å². The van der Waals surface area contributed by atoms with Gasteiger partial charge in [0.1, 0.15) is 10.6 Å². The Bertz CT molecular complexity index is 952. The Morgan fingerprint density at radius 2 is 2.04 bits per heavy atom. The highest BCUT2D eigenvalue weighted by Gasteiger charge is 2.30. The van der Waals surface area contributed by atoms with E-state index in [9.17, 15) is 4.79 Å². The molecule has 1 atom stereocenters. The molecular formula is C22H24N2O2S. The standard InChI is InChI=1S/C22H24N2O2S/c1-3-11-24-14-16(12-15-7-5-4-6-8-15)23-22(25)21-20(24)18-13-17(26-2)9-10-19(18)27-21/h4-10,13,16H,3,11-12,14H2,1-2H3,(H,23,25). The smallest absolute Gasteiger partial charge is 0.263 e. The molecule has 0 bridgehead atoms. The molecule has 1 aromatic heterocycles. The maximum Gasteiger partial charge on any atom is 0.263 e. The van der Waals surface area contributed by atoms with Crippen molar-refractivity contribution >= 4 is 33.0 Å². The molecule has 0 fully saturated rings. The van der Waals surface area contributed by atoms with Crippen LogP contribution in [0.25, 0.3) is 10.1 Å². The van der Waals surface area contributed by atoms with Crippen LogP contribution in [-0.4, -0.2) is 32.1 Å². The lowest BCUT2D eigenvalue weighted by atomic mass is 10.1. The van der Waals surface area contributed by atoms with E-state index in [0.717, 1.165) is 52.3 Å². The Kier molecular flexibility index (Phi) is 5.03. The van der Waals surface area contributed by atoms with Crippen molar-refractivity contribution in [2.45, 2.75) is 25.8 Å². The molecule has 5 heteroatoms. The third-order valence-electron chi connectivity index (χ3n) is 4.99. The van der Waals surface area contributed by atoms with Gasteiger partial charge in [-0.05, 0) is 36.6 Å². The first-order valence-electron chi connectivity index (χ1n) is 9.40. The summed E-state index contributed by atoms with van der Waals surface area (Å²) in [5.41, 5.74) is 2.31. The van der Waals surface area contributed by atoms with Gasteiger partial charge in [-0.25, -0.2) is 0 Å². The first-order chi connectivity index (χ1) is 13.2. The van der Waals surface area contributed by atoms with Crippen molar-refractivity contribution in [2.75, 3.05) is 25.1 Å². The Morgan fingerprint density at radius 1 is 1.22 bits per heavy atom. The molecule has 4 rings (SSSR count). The number of hydrogen-bond acceptors (Lipinski definition) is 4. The second-order valence-corrected chi connectivity index (χ2v) is 8.00. The van der Waals surface area contributed by atoms with Gasteiger partial charge in [-0.3, -0.25) is 4.79 Å². The minimum Gasteiger partial charge on any atom is -0.497 e. The van der Waals surface area contributed by atoms with Crippen LogP contribution < -0.4 is 15.0 Å². The lowest BCUT2D eigenvalue weighted by molar-refractivity contribution is 0.0946. The number of rotatable bonds is 5. The quantitative estimate of drug-likeness (QED) is 0.709. The number of benzene rings is 2. The summed E-state index contributed by atoms with van der Waals surface area (Å²) in [6.07, 6.45) is 1.87. The van der Waals surface area contributed by atoms with Gasteiger partial charge in [0.05, 0.1) is 18.8 Å². The Morgan fingerprint density at radius 3 is 2.78 bits per heavy atom. The zero-order chi connectivity index (χ0) is 18.8. The molecule has 4 nitrogen and oxygen atoms in total. The minimum absolute atomic E-state index is 0.0321. The fourth-order valence-corrected chi connectivity index (χ4v) is 4.91. The molecule has 27 heavy (non-hydrogen) atoms. The van der Waals surface area contributed by atoms with Gasteiger partial charge in [0.15, 0.2) is 0 Å². The molecule has 1 amide bonds. The molecule has 1 unspecified atom stereocenters. The highest BCUT2D eigenvalue weighted by molar-refractivity contribution is 7.21. The van der Waals surface area contributed by atoms with Gasteiger partial charge in [0.25, 0.3) is 5.91 Å². The third-order valence-corrected chi connectivity index (χ3v) is 6.14. The zero-order valence-corrected chi connectivity index (χ0v) is 16.5. The molecule has 1 aliphatic heterocycles. The molecule has 2 heterocycles. The Labute approximate surface area is 163 Å². The van der Waals surface area contributed by atoms with Crippen LogP contribution in [0.4, 0.5) is 5.69 Å². The number of methoxy groups -OCH3 is 1. The van der Waals surface area contributed by atoms with Gasteiger partial charge >= 0.3 is 0 Å². The zero-order valence-electron chi connectivity index (χ0n) is 15.7. The van der Waals surface area contributed by atoms with Crippen LogP contribution in [0.3, 0.4) is 0 Å². The highest BCUT2D eigenvalue weighted by atomic mass is 32.1. The number of amides is 1. The van der Waals surface area contributed by atoms with Crippen LogP contribution in [0.15, 0.2) is 48.5 Å². The summed E-state index contributed by atoms with van der Waals surface area (Å²) < 4.78 is 6.55. The molecular weight excluding hydrogens is 356 g/mol. The van der Waals surface area contributed by atoms with Crippen LogP contribution >= 0.6 is 11.3 Å². The van der Waals surface area contributed by atoms with Gasteiger partial charge in [-0.2, -0.15) is 0 Å². The summed E-state index contributed by atoms with van der Waals surface area (Å²) in [6, 6.07) is 16.5. The molecule has 0 saturated heterocycles. The predicted molar refractivity (Wildman–Crippen MR) is 112 cm³/mol. The molecule has 0 aliphatic carbocycles. The van der Waals surface area contributed by atoms with Crippen molar-refractivity contribution in [3.8, 4) is 5.75 Å². The molecule has 0 radical (unpaired) electrons. The van der Waals surface area contributed by atoms with Gasteiger partial charge in [-0.15, -0.1) is 11.3 Å². The summed E-state index contributed by atoms with van der Waals surface area (Å²) in [5, 5.41) is 4.37. The summed E-state index contributed by atoms with van der Waals surface area (Å²) in [5.74, 6) is 0.856. The average Bonchev–Trinajstić information content (AvgIpc) is 3.01. The summed E-state index contributed by atoms with van der Waals surface area (Å²) >= 11 is 1.57. The van der Waals surface area contributed by atoms with E-state index in [4.69, 9.17) is 4.74 Å². The van der Waals surface area contributed by atoms with Crippen molar-refractivity contribution in [3.05, 3.63) is 59.0 Å². The number of carbonyl (C=O) groups excluding carboxylic acids is 1. The van der Waals surface area contributed by atoms with E-state index in [0.29, 0.717) is 0 Å². The summed E-state index contributed by atoms with van der Waals surface area (Å²) in [6.45, 7) is 3.92. The van der Waals surface area contributed by atoms with E-state index < -0.39 is 0 Å². The SMILES string of the molecule is CCCN1CC(Cc2ccccc2)NC(=O)c2sc3ccc(OC)cc3c21. The number of hydrogen-bond donors (Lipinski definition) is 1. The normalized spacial score (nSPS) is 16.7. The molecule has 0 spiro atoms. The van der Waals surface area contributed by atoms with E-state index >= 15 is 0 Å². The number of nitrogens with zero attached hydrogens (tertiary/aromatic N) is 1. The van der Waals surface area contributed by atoms with E-state index in [1.807, 2.05) is 30.3 Å². The van der Waals surface area contributed by atoms with Crippen molar-refractivity contribution in [1.29, 1.82) is 0 Å². The average molecular weight is 381 g/mol. The van der Waals surface area contributed by atoms with E-state index in [2.05, 4.69) is 35.3 Å². The predicted octanol–water partition coefficient (Wildman–Crippen LogP) is 4.48. The molecule has 1 aliphatic rings. The summed E-state index contributed by atoms with van der Waals surface area (Å²) in [4.78, 5) is 16.2. The van der Waals surface area contributed by atoms with Crippen molar-refractivity contribution < 1.29 is 9.53 Å². The molecule has 140 valence electrons.